The summed E-state index contributed by atoms with van der Waals surface area (Å²) in [7, 11) is -0.773. The van der Waals surface area contributed by atoms with Crippen molar-refractivity contribution >= 4 is 21.2 Å². The van der Waals surface area contributed by atoms with E-state index in [4.69, 9.17) is 0 Å². The molecular formula is C11H20N2O2S2. The Hall–Kier alpha value is -0.430. The highest BCUT2D eigenvalue weighted by Gasteiger charge is 2.02. The van der Waals surface area contributed by atoms with Crippen LogP contribution in [0.15, 0.2) is 17.5 Å². The van der Waals surface area contributed by atoms with Crippen LogP contribution in [0.25, 0.3) is 0 Å². The third-order valence-corrected chi connectivity index (χ3v) is 4.13. The molecule has 17 heavy (non-hydrogen) atoms. The van der Waals surface area contributed by atoms with Crippen LogP contribution in [0.3, 0.4) is 0 Å². The van der Waals surface area contributed by atoms with E-state index in [1.54, 1.807) is 11.3 Å². The molecule has 0 fully saturated rings. The van der Waals surface area contributed by atoms with Gasteiger partial charge >= 0.3 is 0 Å². The van der Waals surface area contributed by atoms with Crippen molar-refractivity contribution in [3.63, 3.8) is 0 Å². The molecule has 98 valence electrons. The lowest BCUT2D eigenvalue weighted by atomic mass is 10.4. The van der Waals surface area contributed by atoms with Crippen LogP contribution in [0, 0.1) is 0 Å². The minimum Gasteiger partial charge on any atom is -0.314 e. The van der Waals surface area contributed by atoms with Gasteiger partial charge in [-0.2, -0.15) is 0 Å². The standard InChI is InChI=1S/C11H20N2O2S2/c1-13(10-11-4-3-8-16-11)7-5-12-6-9-17(2,14)15/h3-4,8,12H,5-7,9-10H2,1-2H3. The smallest absolute Gasteiger partial charge is 0.148 e. The average Bonchev–Trinajstić information content (AvgIpc) is 2.68. The SMILES string of the molecule is CN(CCNCCS(C)(=O)=O)Cc1cccs1. The Bertz CT molecular complexity index is 401. The lowest BCUT2D eigenvalue weighted by Crippen LogP contribution is -2.31. The summed E-state index contributed by atoms with van der Waals surface area (Å²) in [5.74, 6) is 0.210. The Balaban J connectivity index is 2.06. The first-order valence-electron chi connectivity index (χ1n) is 5.57. The molecule has 1 rings (SSSR count). The minimum atomic E-state index is -2.84. The van der Waals surface area contributed by atoms with E-state index in [2.05, 4.69) is 34.8 Å². The Labute approximate surface area is 108 Å². The monoisotopic (exact) mass is 276 g/mol. The zero-order valence-corrected chi connectivity index (χ0v) is 12.0. The fourth-order valence-corrected chi connectivity index (χ4v) is 2.70. The lowest BCUT2D eigenvalue weighted by molar-refractivity contribution is 0.328. The molecule has 0 aliphatic heterocycles. The Morgan fingerprint density at radius 1 is 1.41 bits per heavy atom. The lowest BCUT2D eigenvalue weighted by Gasteiger charge is -2.15. The predicted molar refractivity (Wildman–Crippen MR) is 73.2 cm³/mol. The van der Waals surface area contributed by atoms with E-state index in [-0.39, 0.29) is 5.75 Å². The Morgan fingerprint density at radius 3 is 2.76 bits per heavy atom. The molecule has 1 aromatic heterocycles. The molecule has 4 nitrogen and oxygen atoms in total. The fourth-order valence-electron chi connectivity index (χ4n) is 1.40. The second-order valence-electron chi connectivity index (χ2n) is 4.20. The van der Waals surface area contributed by atoms with Crippen molar-refractivity contribution < 1.29 is 8.42 Å². The van der Waals surface area contributed by atoms with E-state index >= 15 is 0 Å². The highest BCUT2D eigenvalue weighted by molar-refractivity contribution is 7.90. The quantitative estimate of drug-likeness (QED) is 0.714. The molecule has 0 spiro atoms. The van der Waals surface area contributed by atoms with Gasteiger partial charge in [0, 0.05) is 37.3 Å². The number of nitrogens with zero attached hydrogens (tertiary/aromatic N) is 1. The molecule has 1 heterocycles. The van der Waals surface area contributed by atoms with Gasteiger partial charge in [-0.3, -0.25) is 0 Å². The van der Waals surface area contributed by atoms with Gasteiger partial charge < -0.3 is 10.2 Å². The highest BCUT2D eigenvalue weighted by Crippen LogP contribution is 2.10. The molecule has 6 heteroatoms. The molecule has 0 aliphatic rings. The molecule has 0 radical (unpaired) electrons. The van der Waals surface area contributed by atoms with Crippen molar-refractivity contribution in [1.29, 1.82) is 0 Å². The van der Waals surface area contributed by atoms with E-state index in [1.807, 2.05) is 0 Å². The highest BCUT2D eigenvalue weighted by atomic mass is 32.2. The second-order valence-corrected chi connectivity index (χ2v) is 7.49. The van der Waals surface area contributed by atoms with Crippen molar-refractivity contribution in [2.24, 2.45) is 0 Å². The van der Waals surface area contributed by atoms with E-state index in [9.17, 15) is 8.42 Å². The van der Waals surface area contributed by atoms with Crippen molar-refractivity contribution in [3.8, 4) is 0 Å². The normalized spacial score (nSPS) is 12.2. The topological polar surface area (TPSA) is 49.4 Å². The summed E-state index contributed by atoms with van der Waals surface area (Å²) in [6, 6.07) is 4.18. The van der Waals surface area contributed by atoms with E-state index in [1.165, 1.54) is 11.1 Å². The van der Waals surface area contributed by atoms with E-state index in [0.717, 1.165) is 19.6 Å². The second kappa shape index (κ2) is 7.10. The maximum absolute atomic E-state index is 10.9. The fraction of sp³-hybridized carbons (Fsp3) is 0.636. The van der Waals surface area contributed by atoms with Crippen LogP contribution in [0.2, 0.25) is 0 Å². The third kappa shape index (κ3) is 7.49. The number of likely N-dealkylation sites (N-methyl/N-ethyl adjacent to an activating group) is 1. The first-order valence-corrected chi connectivity index (χ1v) is 8.51. The van der Waals surface area contributed by atoms with Crippen LogP contribution in [0.5, 0.6) is 0 Å². The van der Waals surface area contributed by atoms with Gasteiger partial charge in [-0.15, -0.1) is 11.3 Å². The van der Waals surface area contributed by atoms with Gasteiger partial charge in [0.25, 0.3) is 0 Å². The maximum Gasteiger partial charge on any atom is 0.148 e. The minimum absolute atomic E-state index is 0.210. The molecule has 0 atom stereocenters. The molecule has 1 N–H and O–H groups in total. The first kappa shape index (κ1) is 14.6. The summed E-state index contributed by atoms with van der Waals surface area (Å²) < 4.78 is 21.8. The zero-order chi connectivity index (χ0) is 12.7. The average molecular weight is 276 g/mol. The number of sulfone groups is 1. The summed E-state index contributed by atoms with van der Waals surface area (Å²) in [4.78, 5) is 3.57. The number of nitrogens with one attached hydrogen (secondary N) is 1. The van der Waals surface area contributed by atoms with Gasteiger partial charge in [-0.25, -0.2) is 8.42 Å². The van der Waals surface area contributed by atoms with Gasteiger partial charge in [0.1, 0.15) is 9.84 Å². The summed E-state index contributed by atoms with van der Waals surface area (Å²) in [5.41, 5.74) is 0. The molecular weight excluding hydrogens is 256 g/mol. The molecule has 1 aromatic rings. The molecule has 0 unspecified atom stereocenters. The zero-order valence-electron chi connectivity index (χ0n) is 10.3. The van der Waals surface area contributed by atoms with E-state index < -0.39 is 9.84 Å². The van der Waals surface area contributed by atoms with E-state index in [0.29, 0.717) is 6.54 Å². The van der Waals surface area contributed by atoms with Crippen LogP contribution in [-0.4, -0.2) is 52.0 Å². The predicted octanol–water partition coefficient (Wildman–Crippen LogP) is 0.814. The molecule has 0 aliphatic carbocycles. The third-order valence-electron chi connectivity index (χ3n) is 2.33. The molecule has 0 saturated heterocycles. The summed E-state index contributed by atoms with van der Waals surface area (Å²) >= 11 is 1.76. The molecule has 0 amide bonds. The van der Waals surface area contributed by atoms with Gasteiger partial charge in [-0.1, -0.05) is 6.07 Å². The van der Waals surface area contributed by atoms with Gasteiger partial charge in [0.2, 0.25) is 0 Å². The maximum atomic E-state index is 10.9. The first-order chi connectivity index (χ1) is 7.97. The molecule has 0 bridgehead atoms. The number of thiophene rings is 1. The van der Waals surface area contributed by atoms with Crippen LogP contribution in [-0.2, 0) is 16.4 Å². The van der Waals surface area contributed by atoms with Gasteiger partial charge in [-0.05, 0) is 18.5 Å². The number of hydrogen-bond acceptors (Lipinski definition) is 5. The van der Waals surface area contributed by atoms with Crippen LogP contribution in [0.4, 0.5) is 0 Å². The van der Waals surface area contributed by atoms with Crippen LogP contribution in [0.1, 0.15) is 4.88 Å². The summed E-state index contributed by atoms with van der Waals surface area (Å²) in [5, 5.41) is 5.21. The Kier molecular flexibility index (Phi) is 6.11. The van der Waals surface area contributed by atoms with Crippen LogP contribution < -0.4 is 5.32 Å². The number of hydrogen-bond donors (Lipinski definition) is 1. The van der Waals surface area contributed by atoms with Crippen molar-refractivity contribution in [1.82, 2.24) is 10.2 Å². The van der Waals surface area contributed by atoms with Gasteiger partial charge in [0.05, 0.1) is 5.75 Å². The van der Waals surface area contributed by atoms with Gasteiger partial charge in [0.15, 0.2) is 0 Å². The van der Waals surface area contributed by atoms with Crippen molar-refractivity contribution in [2.75, 3.05) is 38.7 Å². The van der Waals surface area contributed by atoms with Crippen molar-refractivity contribution in [3.05, 3.63) is 22.4 Å². The summed E-state index contributed by atoms with van der Waals surface area (Å²) in [6.45, 7) is 3.22. The molecule has 0 aromatic carbocycles. The summed E-state index contributed by atoms with van der Waals surface area (Å²) in [6.07, 6.45) is 1.26. The van der Waals surface area contributed by atoms with Crippen molar-refractivity contribution in [2.45, 2.75) is 6.54 Å². The largest absolute Gasteiger partial charge is 0.314 e. The molecule has 0 saturated carbocycles. The van der Waals surface area contributed by atoms with Crippen LogP contribution >= 0.6 is 11.3 Å². The Morgan fingerprint density at radius 2 is 2.18 bits per heavy atom. The number of rotatable bonds is 8.